The third-order valence-corrected chi connectivity index (χ3v) is 4.96. The summed E-state index contributed by atoms with van der Waals surface area (Å²) >= 11 is 0. The normalized spacial score (nSPS) is 22.3. The van der Waals surface area contributed by atoms with Crippen LogP contribution in [0.5, 0.6) is 11.5 Å². The summed E-state index contributed by atoms with van der Waals surface area (Å²) in [5.74, 6) is 0.873. The lowest BCUT2D eigenvalue weighted by molar-refractivity contribution is 0.00578. The molecule has 6 heteroatoms. The first-order valence-electron chi connectivity index (χ1n) is 8.09. The standard InChI is InChI=1S/C17H24BFO4/c1-16(2)17(3,4)23-18(22-16)12-8-13(19)15(20-5)9-14(12)21-10-11-6-7-11/h8-9,11H,6-7,10H2,1-5H3. The topological polar surface area (TPSA) is 36.9 Å². The van der Waals surface area contributed by atoms with Crippen LogP contribution in [0.2, 0.25) is 0 Å². The molecule has 0 atom stereocenters. The third-order valence-electron chi connectivity index (χ3n) is 4.96. The van der Waals surface area contributed by atoms with Crippen molar-refractivity contribution < 1.29 is 23.2 Å². The van der Waals surface area contributed by atoms with Crippen LogP contribution in [0, 0.1) is 11.7 Å². The zero-order chi connectivity index (χ0) is 16.8. The summed E-state index contributed by atoms with van der Waals surface area (Å²) in [5.41, 5.74) is -0.397. The van der Waals surface area contributed by atoms with Crippen LogP contribution in [0.3, 0.4) is 0 Å². The number of ether oxygens (including phenoxy) is 2. The van der Waals surface area contributed by atoms with Crippen LogP contribution in [0.4, 0.5) is 4.39 Å². The van der Waals surface area contributed by atoms with Crippen molar-refractivity contribution in [3.63, 3.8) is 0 Å². The molecule has 0 bridgehead atoms. The summed E-state index contributed by atoms with van der Waals surface area (Å²) in [7, 11) is 0.784. The summed E-state index contributed by atoms with van der Waals surface area (Å²) in [4.78, 5) is 0. The predicted octanol–water partition coefficient (Wildman–Crippen LogP) is 2.92. The first-order valence-corrected chi connectivity index (χ1v) is 8.09. The van der Waals surface area contributed by atoms with Crippen LogP contribution in [0.1, 0.15) is 40.5 Å². The molecular formula is C17H24BFO4. The molecule has 1 saturated heterocycles. The van der Waals surface area contributed by atoms with E-state index in [0.717, 1.165) is 0 Å². The third kappa shape index (κ3) is 3.19. The fourth-order valence-corrected chi connectivity index (χ4v) is 2.48. The highest BCUT2D eigenvalue weighted by molar-refractivity contribution is 6.63. The van der Waals surface area contributed by atoms with E-state index in [2.05, 4.69) is 0 Å². The zero-order valence-corrected chi connectivity index (χ0v) is 14.4. The molecule has 1 saturated carbocycles. The molecule has 1 aromatic rings. The summed E-state index contributed by atoms with van der Waals surface area (Å²) in [5, 5.41) is 0. The van der Waals surface area contributed by atoms with Gasteiger partial charge in [-0.1, -0.05) is 0 Å². The minimum Gasteiger partial charge on any atom is -0.494 e. The first-order chi connectivity index (χ1) is 10.7. The Morgan fingerprint density at radius 2 is 1.74 bits per heavy atom. The molecule has 1 heterocycles. The van der Waals surface area contributed by atoms with Crippen molar-refractivity contribution >= 4 is 12.6 Å². The molecule has 1 aromatic carbocycles. The van der Waals surface area contributed by atoms with Gasteiger partial charge in [-0.25, -0.2) is 4.39 Å². The van der Waals surface area contributed by atoms with E-state index >= 15 is 0 Å². The van der Waals surface area contributed by atoms with Gasteiger partial charge in [0.25, 0.3) is 0 Å². The molecule has 0 spiro atoms. The molecule has 0 unspecified atom stereocenters. The first kappa shape index (κ1) is 16.6. The lowest BCUT2D eigenvalue weighted by Gasteiger charge is -2.32. The van der Waals surface area contributed by atoms with Crippen molar-refractivity contribution in [1.82, 2.24) is 0 Å². The van der Waals surface area contributed by atoms with E-state index in [1.165, 1.54) is 26.0 Å². The Labute approximate surface area is 137 Å². The summed E-state index contributed by atoms with van der Waals surface area (Å²) < 4.78 is 37.2. The average Bonchev–Trinajstić information content (AvgIpc) is 3.24. The second kappa shape index (κ2) is 5.67. The van der Waals surface area contributed by atoms with E-state index in [1.54, 1.807) is 6.07 Å². The van der Waals surface area contributed by atoms with Crippen molar-refractivity contribution in [2.75, 3.05) is 13.7 Å². The molecule has 126 valence electrons. The highest BCUT2D eigenvalue weighted by atomic mass is 19.1. The molecular weight excluding hydrogens is 298 g/mol. The van der Waals surface area contributed by atoms with Crippen LogP contribution < -0.4 is 14.9 Å². The van der Waals surface area contributed by atoms with Crippen LogP contribution in [-0.2, 0) is 9.31 Å². The average molecular weight is 322 g/mol. The van der Waals surface area contributed by atoms with Gasteiger partial charge in [-0.05, 0) is 52.5 Å². The van der Waals surface area contributed by atoms with Crippen molar-refractivity contribution in [3.05, 3.63) is 17.9 Å². The van der Waals surface area contributed by atoms with E-state index in [0.29, 0.717) is 23.7 Å². The lowest BCUT2D eigenvalue weighted by atomic mass is 9.78. The van der Waals surface area contributed by atoms with Crippen molar-refractivity contribution in [1.29, 1.82) is 0 Å². The van der Waals surface area contributed by atoms with Gasteiger partial charge >= 0.3 is 7.12 Å². The molecule has 3 rings (SSSR count). The number of rotatable bonds is 5. The highest BCUT2D eigenvalue weighted by Gasteiger charge is 2.52. The van der Waals surface area contributed by atoms with Gasteiger partial charge in [0.15, 0.2) is 11.6 Å². The second-order valence-corrected chi connectivity index (χ2v) is 7.37. The Morgan fingerprint density at radius 3 is 2.26 bits per heavy atom. The summed E-state index contributed by atoms with van der Waals surface area (Å²) in [6.45, 7) is 8.51. The fraction of sp³-hybridized carbons (Fsp3) is 0.647. The Balaban J connectivity index is 1.91. The quantitative estimate of drug-likeness (QED) is 0.781. The number of halogens is 1. The van der Waals surface area contributed by atoms with E-state index in [-0.39, 0.29) is 5.75 Å². The molecule has 0 amide bonds. The van der Waals surface area contributed by atoms with Crippen molar-refractivity contribution in [3.8, 4) is 11.5 Å². The van der Waals surface area contributed by atoms with Gasteiger partial charge < -0.3 is 18.8 Å². The predicted molar refractivity (Wildman–Crippen MR) is 86.9 cm³/mol. The van der Waals surface area contributed by atoms with Gasteiger partial charge in [0.2, 0.25) is 0 Å². The summed E-state index contributed by atoms with van der Waals surface area (Å²) in [6.07, 6.45) is 2.37. The van der Waals surface area contributed by atoms with Crippen LogP contribution >= 0.6 is 0 Å². The maximum Gasteiger partial charge on any atom is 0.498 e. The number of benzene rings is 1. The molecule has 4 nitrogen and oxygen atoms in total. The Hall–Kier alpha value is -1.27. The molecule has 0 N–H and O–H groups in total. The number of hydrogen-bond acceptors (Lipinski definition) is 4. The second-order valence-electron chi connectivity index (χ2n) is 7.37. The molecule has 0 aromatic heterocycles. The zero-order valence-electron chi connectivity index (χ0n) is 14.4. The van der Waals surface area contributed by atoms with Gasteiger partial charge in [-0.15, -0.1) is 0 Å². The maximum absolute atomic E-state index is 14.2. The Morgan fingerprint density at radius 1 is 1.13 bits per heavy atom. The minimum atomic E-state index is -0.658. The van der Waals surface area contributed by atoms with Gasteiger partial charge in [-0.2, -0.15) is 0 Å². The largest absolute Gasteiger partial charge is 0.498 e. The molecule has 1 aliphatic carbocycles. The lowest BCUT2D eigenvalue weighted by Crippen LogP contribution is -2.41. The van der Waals surface area contributed by atoms with Gasteiger partial charge in [-0.3, -0.25) is 0 Å². The van der Waals surface area contributed by atoms with Gasteiger partial charge in [0.1, 0.15) is 5.75 Å². The Bertz CT molecular complexity index is 583. The summed E-state index contributed by atoms with van der Waals surface area (Å²) in [6, 6.07) is 2.97. The van der Waals surface area contributed by atoms with E-state index in [4.69, 9.17) is 18.8 Å². The molecule has 0 radical (unpaired) electrons. The van der Waals surface area contributed by atoms with E-state index < -0.39 is 24.1 Å². The highest BCUT2D eigenvalue weighted by Crippen LogP contribution is 2.38. The maximum atomic E-state index is 14.2. The van der Waals surface area contributed by atoms with Crippen molar-refractivity contribution in [2.45, 2.75) is 51.7 Å². The SMILES string of the molecule is COc1cc(OCC2CC2)c(B2OC(C)(C)C(C)(C)O2)cc1F. The molecule has 2 aliphatic rings. The molecule has 2 fully saturated rings. The van der Waals surface area contributed by atoms with Gasteiger partial charge in [0.05, 0.1) is 24.9 Å². The van der Waals surface area contributed by atoms with Gasteiger partial charge in [0, 0.05) is 11.5 Å². The fourth-order valence-electron chi connectivity index (χ4n) is 2.48. The Kier molecular flexibility index (Phi) is 4.09. The van der Waals surface area contributed by atoms with Crippen LogP contribution in [0.15, 0.2) is 12.1 Å². The van der Waals surface area contributed by atoms with Crippen LogP contribution in [0.25, 0.3) is 0 Å². The molecule has 1 aliphatic heterocycles. The minimum absolute atomic E-state index is 0.163. The van der Waals surface area contributed by atoms with E-state index in [9.17, 15) is 4.39 Å². The number of hydrogen-bond donors (Lipinski definition) is 0. The smallest absolute Gasteiger partial charge is 0.494 e. The van der Waals surface area contributed by atoms with E-state index in [1.807, 2.05) is 27.7 Å². The number of methoxy groups -OCH3 is 1. The van der Waals surface area contributed by atoms with Crippen LogP contribution in [-0.4, -0.2) is 32.0 Å². The monoisotopic (exact) mass is 322 g/mol. The molecule has 23 heavy (non-hydrogen) atoms. The van der Waals surface area contributed by atoms with Crippen molar-refractivity contribution in [2.24, 2.45) is 5.92 Å².